The average Bonchev–Trinajstić information content (AvgIpc) is 3.09. The van der Waals surface area contributed by atoms with Gasteiger partial charge in [-0.25, -0.2) is 4.99 Å². The molecule has 0 radical (unpaired) electrons. The minimum Gasteiger partial charge on any atom is -0.466 e. The van der Waals surface area contributed by atoms with Crippen LogP contribution in [0.4, 0.5) is 0 Å². The van der Waals surface area contributed by atoms with E-state index in [2.05, 4.69) is 32.3 Å². The Morgan fingerprint density at radius 2 is 2.08 bits per heavy atom. The number of furan rings is 1. The monoisotopic (exact) mass is 393 g/mol. The summed E-state index contributed by atoms with van der Waals surface area (Å²) in [5.74, 6) is 1.25. The van der Waals surface area contributed by atoms with Gasteiger partial charge in [0.15, 0.2) is 5.96 Å². The molecule has 6 heteroatoms. The highest BCUT2D eigenvalue weighted by Crippen LogP contribution is 2.21. The van der Waals surface area contributed by atoms with Crippen molar-refractivity contribution in [3.63, 3.8) is 0 Å². The van der Waals surface area contributed by atoms with Gasteiger partial charge >= 0.3 is 0 Å². The third-order valence-corrected chi connectivity index (χ3v) is 4.42. The first-order valence-corrected chi connectivity index (χ1v) is 8.72. The van der Waals surface area contributed by atoms with E-state index in [-0.39, 0.29) is 6.54 Å². The Morgan fingerprint density at radius 3 is 2.71 bits per heavy atom. The van der Waals surface area contributed by atoms with Crippen LogP contribution in [0.2, 0.25) is 0 Å². The van der Waals surface area contributed by atoms with Crippen molar-refractivity contribution in [1.29, 1.82) is 0 Å². The van der Waals surface area contributed by atoms with Gasteiger partial charge in [-0.1, -0.05) is 34.1 Å². The topological polar surface area (TPSA) is 61.0 Å². The van der Waals surface area contributed by atoms with Gasteiger partial charge in [-0.15, -0.1) is 0 Å². The molecule has 1 heterocycles. The van der Waals surface area contributed by atoms with Gasteiger partial charge in [-0.3, -0.25) is 0 Å². The number of hydrogen-bond acceptors (Lipinski definition) is 3. The molecule has 0 fully saturated rings. The maximum atomic E-state index is 10.6. The second-order valence-corrected chi connectivity index (χ2v) is 6.72. The summed E-state index contributed by atoms with van der Waals surface area (Å²) in [6.45, 7) is 5.39. The molecule has 1 unspecified atom stereocenters. The maximum Gasteiger partial charge on any atom is 0.194 e. The smallest absolute Gasteiger partial charge is 0.194 e. The first kappa shape index (κ1) is 18.5. The number of nitrogens with zero attached hydrogens (tertiary/aromatic N) is 2. The molecule has 0 spiro atoms. The van der Waals surface area contributed by atoms with Gasteiger partial charge in [0.25, 0.3) is 0 Å². The minimum absolute atomic E-state index is 0.211. The zero-order valence-corrected chi connectivity index (χ0v) is 15.9. The highest BCUT2D eigenvalue weighted by atomic mass is 79.9. The molecular formula is C18H24BrN3O2. The van der Waals surface area contributed by atoms with Crippen molar-refractivity contribution in [3.8, 4) is 0 Å². The number of benzene rings is 1. The molecule has 0 aliphatic carbocycles. The van der Waals surface area contributed by atoms with E-state index in [4.69, 9.17) is 4.42 Å². The molecule has 2 N–H and O–H groups in total. The molecule has 1 atom stereocenters. The Labute approximate surface area is 151 Å². The molecule has 0 saturated heterocycles. The summed E-state index contributed by atoms with van der Waals surface area (Å²) in [6, 6.07) is 11.6. The van der Waals surface area contributed by atoms with Crippen LogP contribution in [-0.2, 0) is 12.1 Å². The lowest BCUT2D eigenvalue weighted by Gasteiger charge is -2.25. The lowest BCUT2D eigenvalue weighted by molar-refractivity contribution is 0.0435. The molecule has 0 aliphatic heterocycles. The van der Waals surface area contributed by atoms with E-state index >= 15 is 0 Å². The number of hydrogen-bond donors (Lipinski definition) is 2. The summed E-state index contributed by atoms with van der Waals surface area (Å²) in [6.07, 6.45) is 1.55. The van der Waals surface area contributed by atoms with Crippen molar-refractivity contribution < 1.29 is 9.52 Å². The van der Waals surface area contributed by atoms with Crippen LogP contribution in [0.3, 0.4) is 0 Å². The second-order valence-electron chi connectivity index (χ2n) is 5.87. The number of halogens is 1. The fourth-order valence-corrected chi connectivity index (χ4v) is 2.73. The Hall–Kier alpha value is -1.79. The van der Waals surface area contributed by atoms with E-state index in [0.29, 0.717) is 12.3 Å². The van der Waals surface area contributed by atoms with Gasteiger partial charge < -0.3 is 19.7 Å². The summed E-state index contributed by atoms with van der Waals surface area (Å²) < 4.78 is 6.37. The van der Waals surface area contributed by atoms with E-state index in [1.54, 1.807) is 25.3 Å². The summed E-state index contributed by atoms with van der Waals surface area (Å²) in [7, 11) is 1.97. The highest BCUT2D eigenvalue weighted by molar-refractivity contribution is 9.10. The largest absolute Gasteiger partial charge is 0.466 e. The van der Waals surface area contributed by atoms with Crippen LogP contribution >= 0.6 is 15.9 Å². The Balaban J connectivity index is 2.11. The molecule has 0 amide bonds. The van der Waals surface area contributed by atoms with Gasteiger partial charge in [0.05, 0.1) is 12.8 Å². The SMILES string of the molecule is CCNC(=NCC(C)(O)c1ccco1)N(C)Cc1ccccc1Br. The lowest BCUT2D eigenvalue weighted by Crippen LogP contribution is -2.39. The first-order valence-electron chi connectivity index (χ1n) is 7.93. The van der Waals surface area contributed by atoms with Crippen molar-refractivity contribution in [1.82, 2.24) is 10.2 Å². The molecule has 0 saturated carbocycles. The van der Waals surface area contributed by atoms with E-state index in [0.717, 1.165) is 17.0 Å². The molecule has 2 aromatic rings. The zero-order chi connectivity index (χ0) is 17.6. The minimum atomic E-state index is -1.14. The van der Waals surface area contributed by atoms with Crippen molar-refractivity contribution in [3.05, 3.63) is 58.5 Å². The van der Waals surface area contributed by atoms with Gasteiger partial charge in [0.2, 0.25) is 0 Å². The molecule has 2 rings (SSSR count). The van der Waals surface area contributed by atoms with Gasteiger partial charge in [0.1, 0.15) is 11.4 Å². The maximum absolute atomic E-state index is 10.6. The number of aliphatic hydroxyl groups is 1. The summed E-state index contributed by atoms with van der Waals surface area (Å²) in [5.41, 5.74) is 0.0293. The molecule has 1 aromatic carbocycles. The first-order chi connectivity index (χ1) is 11.4. The van der Waals surface area contributed by atoms with Crippen LogP contribution in [0.15, 0.2) is 56.5 Å². The van der Waals surface area contributed by atoms with Crippen LogP contribution in [-0.4, -0.2) is 36.1 Å². The molecule has 1 aromatic heterocycles. The second kappa shape index (κ2) is 8.35. The molecule has 5 nitrogen and oxygen atoms in total. The molecule has 0 aliphatic rings. The van der Waals surface area contributed by atoms with Crippen LogP contribution in [0.25, 0.3) is 0 Å². The molecule has 0 bridgehead atoms. The summed E-state index contributed by atoms with van der Waals surface area (Å²) >= 11 is 3.57. The third-order valence-electron chi connectivity index (χ3n) is 3.65. The van der Waals surface area contributed by atoms with E-state index in [1.807, 2.05) is 37.1 Å². The summed E-state index contributed by atoms with van der Waals surface area (Å²) in [4.78, 5) is 6.60. The normalized spacial score (nSPS) is 14.3. The molecule has 130 valence electrons. The van der Waals surface area contributed by atoms with Crippen LogP contribution in [0.1, 0.15) is 25.2 Å². The van der Waals surface area contributed by atoms with Crippen LogP contribution in [0, 0.1) is 0 Å². The van der Waals surface area contributed by atoms with Gasteiger partial charge in [0, 0.05) is 24.6 Å². The Bertz CT molecular complexity index is 669. The van der Waals surface area contributed by atoms with Crippen LogP contribution < -0.4 is 5.32 Å². The fraction of sp³-hybridized carbons (Fsp3) is 0.389. The van der Waals surface area contributed by atoms with Crippen molar-refractivity contribution >= 4 is 21.9 Å². The van der Waals surface area contributed by atoms with E-state index < -0.39 is 5.60 Å². The standard InChI is InChI=1S/C18H24BrN3O2/c1-4-20-17(21-13-18(2,23)16-10-7-11-24-16)22(3)12-14-8-5-6-9-15(14)19/h5-11,23H,4,12-13H2,1-3H3,(H,20,21). The van der Waals surface area contributed by atoms with Crippen molar-refractivity contribution in [2.75, 3.05) is 20.1 Å². The van der Waals surface area contributed by atoms with E-state index in [9.17, 15) is 5.11 Å². The van der Waals surface area contributed by atoms with Crippen LogP contribution in [0.5, 0.6) is 0 Å². The summed E-state index contributed by atoms with van der Waals surface area (Å²) in [5, 5.41) is 13.8. The molecule has 24 heavy (non-hydrogen) atoms. The van der Waals surface area contributed by atoms with Crippen molar-refractivity contribution in [2.24, 2.45) is 4.99 Å². The fourth-order valence-electron chi connectivity index (χ4n) is 2.32. The quantitative estimate of drug-likeness (QED) is 0.583. The van der Waals surface area contributed by atoms with Gasteiger partial charge in [-0.2, -0.15) is 0 Å². The average molecular weight is 394 g/mol. The zero-order valence-electron chi connectivity index (χ0n) is 14.3. The lowest BCUT2D eigenvalue weighted by atomic mass is 10.0. The van der Waals surface area contributed by atoms with Gasteiger partial charge in [-0.05, 0) is 37.6 Å². The predicted molar refractivity (Wildman–Crippen MR) is 99.9 cm³/mol. The Kier molecular flexibility index (Phi) is 6.45. The highest BCUT2D eigenvalue weighted by Gasteiger charge is 2.26. The van der Waals surface area contributed by atoms with E-state index in [1.165, 1.54) is 5.56 Å². The number of aliphatic imine (C=N–C) groups is 1. The third kappa shape index (κ3) is 4.85. The molecular weight excluding hydrogens is 370 g/mol. The predicted octanol–water partition coefficient (Wildman–Crippen LogP) is 3.35. The number of guanidine groups is 1. The van der Waals surface area contributed by atoms with Crippen molar-refractivity contribution in [2.45, 2.75) is 26.0 Å². The Morgan fingerprint density at radius 1 is 1.33 bits per heavy atom. The number of nitrogens with one attached hydrogen (secondary N) is 1. The number of rotatable bonds is 6.